The van der Waals surface area contributed by atoms with Crippen LogP contribution in [0.15, 0.2) is 53.6 Å². The van der Waals surface area contributed by atoms with Crippen molar-refractivity contribution in [1.82, 2.24) is 19.7 Å². The molecular formula is C20H22N4O2. The van der Waals surface area contributed by atoms with Crippen molar-refractivity contribution in [3.05, 3.63) is 64.7 Å². The number of nitrogens with one attached hydrogen (secondary N) is 1. The van der Waals surface area contributed by atoms with Gasteiger partial charge in [-0.25, -0.2) is 0 Å². The van der Waals surface area contributed by atoms with E-state index in [1.807, 2.05) is 46.1 Å². The third kappa shape index (κ3) is 3.27. The lowest BCUT2D eigenvalue weighted by molar-refractivity contribution is 0.0592. The van der Waals surface area contributed by atoms with Crippen LogP contribution in [-0.2, 0) is 6.54 Å². The fourth-order valence-electron chi connectivity index (χ4n) is 3.74. The molecule has 1 amide bonds. The largest absolute Gasteiger partial charge is 0.335 e. The van der Waals surface area contributed by atoms with Crippen molar-refractivity contribution in [3.63, 3.8) is 0 Å². The van der Waals surface area contributed by atoms with E-state index in [0.29, 0.717) is 6.54 Å². The Labute approximate surface area is 151 Å². The molecule has 1 saturated heterocycles. The summed E-state index contributed by atoms with van der Waals surface area (Å²) < 4.78 is 1.89. The Morgan fingerprint density at radius 2 is 2.12 bits per heavy atom. The molecule has 3 aromatic rings. The van der Waals surface area contributed by atoms with E-state index in [4.69, 9.17) is 0 Å². The number of carbonyl (C=O) groups is 1. The standard InChI is InChI=1S/C20H22N4O2/c25-19-17(14-15-6-1-2-8-18(15)22-19)20(26)24-12-4-3-7-16(24)9-13-23-11-5-10-21-23/h1-2,5-6,8,10-11,14,16H,3-4,7,9,12-13H2,(H,22,25)/t16-/m1/s1. The number of aromatic amines is 1. The lowest BCUT2D eigenvalue weighted by Gasteiger charge is -2.35. The van der Waals surface area contributed by atoms with E-state index in [1.165, 1.54) is 0 Å². The maximum absolute atomic E-state index is 13.1. The molecule has 1 fully saturated rings. The molecule has 6 heteroatoms. The van der Waals surface area contributed by atoms with Gasteiger partial charge in [0.05, 0.1) is 0 Å². The number of carbonyl (C=O) groups excluding carboxylic acids is 1. The van der Waals surface area contributed by atoms with Crippen LogP contribution in [0.5, 0.6) is 0 Å². The van der Waals surface area contributed by atoms with Gasteiger partial charge in [-0.05, 0) is 49.3 Å². The first kappa shape index (κ1) is 16.6. The monoisotopic (exact) mass is 350 g/mol. The van der Waals surface area contributed by atoms with Crippen LogP contribution in [0, 0.1) is 0 Å². The van der Waals surface area contributed by atoms with Gasteiger partial charge in [0.25, 0.3) is 11.5 Å². The molecule has 6 nitrogen and oxygen atoms in total. The number of amides is 1. The highest BCUT2D eigenvalue weighted by atomic mass is 16.2. The second-order valence-electron chi connectivity index (χ2n) is 6.81. The lowest BCUT2D eigenvalue weighted by Crippen LogP contribution is -2.45. The molecule has 0 bridgehead atoms. The second kappa shape index (κ2) is 7.15. The van der Waals surface area contributed by atoms with Crippen molar-refractivity contribution in [1.29, 1.82) is 0 Å². The molecule has 0 spiro atoms. The summed E-state index contributed by atoms with van der Waals surface area (Å²) in [5.74, 6) is -0.165. The van der Waals surface area contributed by atoms with Gasteiger partial charge in [0.15, 0.2) is 0 Å². The van der Waals surface area contributed by atoms with E-state index >= 15 is 0 Å². The zero-order chi connectivity index (χ0) is 17.9. The lowest BCUT2D eigenvalue weighted by atomic mass is 9.98. The van der Waals surface area contributed by atoms with Crippen LogP contribution in [0.4, 0.5) is 0 Å². The number of piperidine rings is 1. The van der Waals surface area contributed by atoms with Gasteiger partial charge in [-0.15, -0.1) is 0 Å². The van der Waals surface area contributed by atoms with Gasteiger partial charge in [0.1, 0.15) is 5.56 Å². The first-order valence-corrected chi connectivity index (χ1v) is 9.13. The Balaban J connectivity index is 1.58. The van der Waals surface area contributed by atoms with Crippen molar-refractivity contribution < 1.29 is 4.79 Å². The average Bonchev–Trinajstić information content (AvgIpc) is 3.19. The fraction of sp³-hybridized carbons (Fsp3) is 0.350. The van der Waals surface area contributed by atoms with Crippen LogP contribution in [0.25, 0.3) is 10.9 Å². The number of H-pyrrole nitrogens is 1. The van der Waals surface area contributed by atoms with E-state index in [-0.39, 0.29) is 23.1 Å². The van der Waals surface area contributed by atoms with Crippen molar-refractivity contribution in [2.75, 3.05) is 6.54 Å². The van der Waals surface area contributed by atoms with Crippen molar-refractivity contribution in [2.45, 2.75) is 38.3 Å². The first-order valence-electron chi connectivity index (χ1n) is 9.13. The number of aromatic nitrogens is 3. The molecule has 1 atom stereocenters. The Kier molecular flexibility index (Phi) is 4.56. The van der Waals surface area contributed by atoms with Crippen LogP contribution in [0.2, 0.25) is 0 Å². The zero-order valence-electron chi connectivity index (χ0n) is 14.6. The van der Waals surface area contributed by atoms with Gasteiger partial charge in [0, 0.05) is 37.0 Å². The van der Waals surface area contributed by atoms with Crippen LogP contribution >= 0.6 is 0 Å². The van der Waals surface area contributed by atoms with E-state index in [9.17, 15) is 9.59 Å². The number of pyridine rings is 1. The minimum Gasteiger partial charge on any atom is -0.335 e. The SMILES string of the molecule is O=C(c1cc2ccccc2[nH]c1=O)N1CCCC[C@@H]1CCn1cccn1. The van der Waals surface area contributed by atoms with E-state index in [2.05, 4.69) is 10.1 Å². The fourth-order valence-corrected chi connectivity index (χ4v) is 3.74. The molecule has 2 aromatic heterocycles. The summed E-state index contributed by atoms with van der Waals surface area (Å²) in [7, 11) is 0. The number of nitrogens with zero attached hydrogens (tertiary/aromatic N) is 3. The molecular weight excluding hydrogens is 328 g/mol. The highest BCUT2D eigenvalue weighted by molar-refractivity contribution is 5.97. The maximum atomic E-state index is 13.1. The topological polar surface area (TPSA) is 71.0 Å². The predicted molar refractivity (Wildman–Crippen MR) is 100 cm³/mol. The Bertz CT molecular complexity index is 961. The van der Waals surface area contributed by atoms with Crippen molar-refractivity contribution in [2.24, 2.45) is 0 Å². The van der Waals surface area contributed by atoms with E-state index in [0.717, 1.165) is 43.1 Å². The molecule has 0 unspecified atom stereocenters. The van der Waals surface area contributed by atoms with Gasteiger partial charge in [0.2, 0.25) is 0 Å². The summed E-state index contributed by atoms with van der Waals surface area (Å²) in [6, 6.07) is 11.3. The normalized spacial score (nSPS) is 17.5. The third-order valence-electron chi connectivity index (χ3n) is 5.12. The summed E-state index contributed by atoms with van der Waals surface area (Å²) >= 11 is 0. The number of hydrogen-bond donors (Lipinski definition) is 1. The quantitative estimate of drug-likeness (QED) is 0.786. The summed E-state index contributed by atoms with van der Waals surface area (Å²) in [4.78, 5) is 30.3. The van der Waals surface area contributed by atoms with Crippen LogP contribution in [-0.4, -0.2) is 38.2 Å². The van der Waals surface area contributed by atoms with E-state index < -0.39 is 0 Å². The number of rotatable bonds is 4. The van der Waals surface area contributed by atoms with Crippen molar-refractivity contribution in [3.8, 4) is 0 Å². The molecule has 0 aliphatic carbocycles. The number of aryl methyl sites for hydroxylation is 1. The molecule has 4 rings (SSSR count). The Morgan fingerprint density at radius 3 is 2.96 bits per heavy atom. The minimum absolute atomic E-state index is 0.145. The third-order valence-corrected chi connectivity index (χ3v) is 5.12. The molecule has 1 N–H and O–H groups in total. The molecule has 134 valence electrons. The number of hydrogen-bond acceptors (Lipinski definition) is 3. The number of fused-ring (bicyclic) bond motifs is 1. The Morgan fingerprint density at radius 1 is 1.23 bits per heavy atom. The zero-order valence-corrected chi connectivity index (χ0v) is 14.6. The smallest absolute Gasteiger partial charge is 0.261 e. The Hall–Kier alpha value is -2.89. The molecule has 0 radical (unpaired) electrons. The van der Waals surface area contributed by atoms with Gasteiger partial charge in [-0.2, -0.15) is 5.10 Å². The average molecular weight is 350 g/mol. The number of likely N-dealkylation sites (tertiary alicyclic amines) is 1. The van der Waals surface area contributed by atoms with Crippen LogP contribution in [0.1, 0.15) is 36.0 Å². The van der Waals surface area contributed by atoms with Crippen LogP contribution in [0.3, 0.4) is 0 Å². The van der Waals surface area contributed by atoms with E-state index in [1.54, 1.807) is 12.3 Å². The van der Waals surface area contributed by atoms with Gasteiger partial charge in [-0.1, -0.05) is 18.2 Å². The molecule has 1 aliphatic heterocycles. The summed E-state index contributed by atoms with van der Waals surface area (Å²) in [6.45, 7) is 1.48. The highest BCUT2D eigenvalue weighted by Crippen LogP contribution is 2.22. The van der Waals surface area contributed by atoms with Gasteiger partial charge >= 0.3 is 0 Å². The second-order valence-corrected chi connectivity index (χ2v) is 6.81. The molecule has 26 heavy (non-hydrogen) atoms. The summed E-state index contributed by atoms with van der Waals surface area (Å²) in [5.41, 5.74) is 0.669. The molecule has 1 aliphatic rings. The maximum Gasteiger partial charge on any atom is 0.261 e. The molecule has 3 heterocycles. The summed E-state index contributed by atoms with van der Waals surface area (Å²) in [6.07, 6.45) is 7.61. The molecule has 1 aromatic carbocycles. The first-order chi connectivity index (χ1) is 12.7. The van der Waals surface area contributed by atoms with Crippen LogP contribution < -0.4 is 5.56 Å². The number of para-hydroxylation sites is 1. The minimum atomic E-state index is -0.315. The van der Waals surface area contributed by atoms with Crippen molar-refractivity contribution >= 4 is 16.8 Å². The predicted octanol–water partition coefficient (Wildman–Crippen LogP) is 2.81. The highest BCUT2D eigenvalue weighted by Gasteiger charge is 2.28. The van der Waals surface area contributed by atoms with Gasteiger partial charge in [-0.3, -0.25) is 14.3 Å². The summed E-state index contributed by atoms with van der Waals surface area (Å²) in [5, 5.41) is 5.11. The number of benzene rings is 1. The molecule has 0 saturated carbocycles. The van der Waals surface area contributed by atoms with Gasteiger partial charge < -0.3 is 9.88 Å².